The molecule has 2 aromatic carbocycles. The van der Waals surface area contributed by atoms with Crippen LogP contribution in [0.4, 0.5) is 5.13 Å². The van der Waals surface area contributed by atoms with E-state index >= 15 is 0 Å². The van der Waals surface area contributed by atoms with Gasteiger partial charge in [-0.25, -0.2) is 4.98 Å². The summed E-state index contributed by atoms with van der Waals surface area (Å²) in [5, 5.41) is 5.83. The number of hydrogen-bond donors (Lipinski definition) is 1. The molecule has 1 heterocycles. The van der Waals surface area contributed by atoms with Gasteiger partial charge in [0.2, 0.25) is 0 Å². The van der Waals surface area contributed by atoms with Gasteiger partial charge in [0.15, 0.2) is 11.2 Å². The third kappa shape index (κ3) is 4.78. The average Bonchev–Trinajstić information content (AvgIpc) is 3.12. The molecule has 1 aromatic heterocycles. The van der Waals surface area contributed by atoms with Crippen LogP contribution < -0.4 is 14.8 Å². The molecule has 0 aliphatic rings. The molecule has 1 atom stereocenters. The number of thiazole rings is 1. The molecule has 0 saturated carbocycles. The molecule has 7 heteroatoms. The smallest absolute Gasteiger partial charge is 0.266 e. The third-order valence-electron chi connectivity index (χ3n) is 3.91. The summed E-state index contributed by atoms with van der Waals surface area (Å²) in [4.78, 5) is 16.9. The van der Waals surface area contributed by atoms with E-state index in [9.17, 15) is 4.79 Å². The Kier molecular flexibility index (Phi) is 5.98. The van der Waals surface area contributed by atoms with E-state index in [-0.39, 0.29) is 5.91 Å². The first-order chi connectivity index (χ1) is 13.0. The van der Waals surface area contributed by atoms with Gasteiger partial charge in [-0.1, -0.05) is 23.7 Å². The summed E-state index contributed by atoms with van der Waals surface area (Å²) >= 11 is 7.30. The summed E-state index contributed by atoms with van der Waals surface area (Å²) in [5.74, 6) is 1.11. The zero-order valence-electron chi connectivity index (χ0n) is 15.2. The summed E-state index contributed by atoms with van der Waals surface area (Å²) in [6.07, 6.45) is -0.672. The average molecular weight is 403 g/mol. The highest BCUT2D eigenvalue weighted by Crippen LogP contribution is 2.28. The van der Waals surface area contributed by atoms with Crippen molar-refractivity contribution in [1.29, 1.82) is 0 Å². The summed E-state index contributed by atoms with van der Waals surface area (Å²) in [6, 6.07) is 12.9. The van der Waals surface area contributed by atoms with Crippen LogP contribution in [0.5, 0.6) is 11.5 Å². The molecule has 140 valence electrons. The number of amides is 1. The van der Waals surface area contributed by atoms with E-state index in [1.807, 2.05) is 36.6 Å². The number of nitrogens with zero attached hydrogens (tertiary/aromatic N) is 1. The summed E-state index contributed by atoms with van der Waals surface area (Å²) in [6.45, 7) is 3.58. The van der Waals surface area contributed by atoms with Crippen molar-refractivity contribution in [3.8, 4) is 22.8 Å². The van der Waals surface area contributed by atoms with Crippen molar-refractivity contribution >= 4 is 34.0 Å². The molecule has 0 bridgehead atoms. The monoisotopic (exact) mass is 402 g/mol. The lowest BCUT2D eigenvalue weighted by molar-refractivity contribution is -0.122. The van der Waals surface area contributed by atoms with Gasteiger partial charge in [0, 0.05) is 16.0 Å². The van der Waals surface area contributed by atoms with Crippen molar-refractivity contribution in [2.24, 2.45) is 0 Å². The normalized spacial score (nSPS) is 11.7. The van der Waals surface area contributed by atoms with Crippen molar-refractivity contribution in [3.05, 3.63) is 58.4 Å². The summed E-state index contributed by atoms with van der Waals surface area (Å²) < 4.78 is 11.0. The van der Waals surface area contributed by atoms with Crippen molar-refractivity contribution in [1.82, 2.24) is 4.98 Å². The number of aryl methyl sites for hydroxylation is 1. The molecule has 27 heavy (non-hydrogen) atoms. The number of carbonyl (C=O) groups is 1. The number of nitrogens with one attached hydrogen (secondary N) is 1. The highest BCUT2D eigenvalue weighted by Gasteiger charge is 2.17. The number of anilines is 1. The number of methoxy groups -OCH3 is 1. The van der Waals surface area contributed by atoms with E-state index in [0.29, 0.717) is 15.9 Å². The number of benzene rings is 2. The van der Waals surface area contributed by atoms with Crippen LogP contribution >= 0.6 is 22.9 Å². The fraction of sp³-hybridized carbons (Fsp3) is 0.200. The highest BCUT2D eigenvalue weighted by atomic mass is 35.5. The number of ether oxygens (including phenoxy) is 2. The van der Waals surface area contributed by atoms with E-state index in [1.54, 1.807) is 32.2 Å². The maximum absolute atomic E-state index is 12.4. The van der Waals surface area contributed by atoms with E-state index in [2.05, 4.69) is 10.3 Å². The molecule has 1 amide bonds. The lowest BCUT2D eigenvalue weighted by Crippen LogP contribution is -2.30. The minimum absolute atomic E-state index is 0.268. The molecular weight excluding hydrogens is 384 g/mol. The molecule has 0 spiro atoms. The third-order valence-corrected chi connectivity index (χ3v) is 4.90. The number of halogens is 1. The molecule has 0 saturated heterocycles. The molecule has 0 fully saturated rings. The van der Waals surface area contributed by atoms with E-state index < -0.39 is 6.10 Å². The van der Waals surface area contributed by atoms with Crippen molar-refractivity contribution in [2.75, 3.05) is 12.4 Å². The Morgan fingerprint density at radius 1 is 1.26 bits per heavy atom. The lowest BCUT2D eigenvalue weighted by atomic mass is 10.2. The molecule has 3 aromatic rings. The number of aromatic nitrogens is 1. The Hall–Kier alpha value is -2.57. The van der Waals surface area contributed by atoms with Crippen LogP contribution in [-0.2, 0) is 4.79 Å². The lowest BCUT2D eigenvalue weighted by Gasteiger charge is -2.15. The van der Waals surface area contributed by atoms with Crippen LogP contribution in [0.1, 0.15) is 12.5 Å². The quantitative estimate of drug-likeness (QED) is 0.616. The van der Waals surface area contributed by atoms with Gasteiger partial charge in [0.05, 0.1) is 12.8 Å². The molecule has 1 N–H and O–H groups in total. The predicted molar refractivity (Wildman–Crippen MR) is 109 cm³/mol. The Morgan fingerprint density at radius 3 is 2.81 bits per heavy atom. The van der Waals surface area contributed by atoms with Gasteiger partial charge >= 0.3 is 0 Å². The molecule has 0 radical (unpaired) electrons. The maximum Gasteiger partial charge on any atom is 0.266 e. The van der Waals surface area contributed by atoms with Crippen LogP contribution in [0.25, 0.3) is 11.3 Å². The standard InChI is InChI=1S/C20H19ClN2O3S/c1-12-9-15(21)7-8-18(12)26-13(2)19(24)23-20-22-17(11-27-20)14-5-4-6-16(10-14)25-3/h4-11,13H,1-3H3,(H,22,23,24). The maximum atomic E-state index is 12.4. The zero-order valence-corrected chi connectivity index (χ0v) is 16.7. The van der Waals surface area contributed by atoms with Crippen LogP contribution in [0.2, 0.25) is 5.02 Å². The van der Waals surface area contributed by atoms with Gasteiger partial charge < -0.3 is 9.47 Å². The second-order valence-corrected chi connectivity index (χ2v) is 7.22. The minimum Gasteiger partial charge on any atom is -0.497 e. The van der Waals surface area contributed by atoms with Gasteiger partial charge in [0.1, 0.15) is 11.5 Å². The SMILES string of the molecule is COc1cccc(-c2csc(NC(=O)C(C)Oc3ccc(Cl)cc3C)n2)c1. The largest absolute Gasteiger partial charge is 0.497 e. The number of carbonyl (C=O) groups excluding carboxylic acids is 1. The Balaban J connectivity index is 1.66. The predicted octanol–water partition coefficient (Wildman–Crippen LogP) is 5.19. The van der Waals surface area contributed by atoms with Gasteiger partial charge in [-0.15, -0.1) is 11.3 Å². The molecule has 1 unspecified atom stereocenters. The van der Waals surface area contributed by atoms with Crippen molar-refractivity contribution < 1.29 is 14.3 Å². The van der Waals surface area contributed by atoms with Gasteiger partial charge in [-0.2, -0.15) is 0 Å². The molecule has 3 rings (SSSR count). The highest BCUT2D eigenvalue weighted by molar-refractivity contribution is 7.14. The number of hydrogen-bond acceptors (Lipinski definition) is 5. The van der Waals surface area contributed by atoms with E-state index in [0.717, 1.165) is 22.6 Å². The number of rotatable bonds is 6. The van der Waals surface area contributed by atoms with Gasteiger partial charge in [-0.3, -0.25) is 10.1 Å². The zero-order chi connectivity index (χ0) is 19.4. The first-order valence-corrected chi connectivity index (χ1v) is 9.55. The van der Waals surface area contributed by atoms with Crippen LogP contribution in [-0.4, -0.2) is 24.1 Å². The molecule has 5 nitrogen and oxygen atoms in total. The summed E-state index contributed by atoms with van der Waals surface area (Å²) in [5.41, 5.74) is 2.57. The van der Waals surface area contributed by atoms with Gasteiger partial charge in [-0.05, 0) is 49.7 Å². The molecule has 0 aliphatic heterocycles. The second-order valence-electron chi connectivity index (χ2n) is 5.93. The Morgan fingerprint density at radius 2 is 2.07 bits per heavy atom. The van der Waals surface area contributed by atoms with E-state index in [1.165, 1.54) is 11.3 Å². The first kappa shape index (κ1) is 19.2. The van der Waals surface area contributed by atoms with Crippen LogP contribution in [0.3, 0.4) is 0 Å². The van der Waals surface area contributed by atoms with Crippen molar-refractivity contribution in [3.63, 3.8) is 0 Å². The van der Waals surface area contributed by atoms with Gasteiger partial charge in [0.25, 0.3) is 5.91 Å². The second kappa shape index (κ2) is 8.41. The van der Waals surface area contributed by atoms with Crippen LogP contribution in [0.15, 0.2) is 47.8 Å². The molecule has 0 aliphatic carbocycles. The van der Waals surface area contributed by atoms with E-state index in [4.69, 9.17) is 21.1 Å². The Labute approximate surface area is 166 Å². The Bertz CT molecular complexity index is 958. The molecular formula is C20H19ClN2O3S. The minimum atomic E-state index is -0.672. The fourth-order valence-electron chi connectivity index (χ4n) is 2.44. The fourth-order valence-corrected chi connectivity index (χ4v) is 3.39. The van der Waals surface area contributed by atoms with Crippen LogP contribution in [0, 0.1) is 6.92 Å². The van der Waals surface area contributed by atoms with Crippen molar-refractivity contribution in [2.45, 2.75) is 20.0 Å². The summed E-state index contributed by atoms with van der Waals surface area (Å²) in [7, 11) is 1.62. The topological polar surface area (TPSA) is 60.5 Å². The first-order valence-electron chi connectivity index (χ1n) is 8.30.